The van der Waals surface area contributed by atoms with Crippen molar-refractivity contribution in [2.75, 3.05) is 45.4 Å². The zero-order valence-electron chi connectivity index (χ0n) is 23.7. The van der Waals surface area contributed by atoms with Crippen LogP contribution in [0.25, 0.3) is 0 Å². The molecular weight excluding hydrogens is 530 g/mol. The maximum Gasteiger partial charge on any atom is 0.322 e. The Labute approximate surface area is 240 Å². The van der Waals surface area contributed by atoms with Gasteiger partial charge in [0.2, 0.25) is 5.91 Å². The molecule has 0 unspecified atom stereocenters. The number of aryl methyl sites for hydroxylation is 1. The van der Waals surface area contributed by atoms with Gasteiger partial charge in [0.1, 0.15) is 6.54 Å². The van der Waals surface area contributed by atoms with Crippen molar-refractivity contribution < 1.29 is 19.1 Å². The molecule has 0 aliphatic rings. The van der Waals surface area contributed by atoms with E-state index in [4.69, 9.17) is 9.47 Å². The van der Waals surface area contributed by atoms with E-state index in [1.165, 1.54) is 0 Å². The van der Waals surface area contributed by atoms with E-state index in [1.807, 2.05) is 72.8 Å². The number of anilines is 1. The molecule has 0 radical (unpaired) electrons. The molecule has 1 aromatic heterocycles. The Morgan fingerprint density at radius 3 is 2.31 bits per heavy atom. The Kier molecular flexibility index (Phi) is 11.6. The molecule has 3 rings (SSSR count). The largest absolute Gasteiger partial charge is 0.493 e. The van der Waals surface area contributed by atoms with Crippen molar-refractivity contribution in [3.8, 4) is 11.5 Å². The summed E-state index contributed by atoms with van der Waals surface area (Å²) < 4.78 is 10.8. The summed E-state index contributed by atoms with van der Waals surface area (Å²) in [5.74, 6) is 1.45. The van der Waals surface area contributed by atoms with Gasteiger partial charge in [0.05, 0.1) is 20.8 Å². The van der Waals surface area contributed by atoms with E-state index in [1.54, 1.807) is 42.2 Å². The van der Waals surface area contributed by atoms with Crippen molar-refractivity contribution in [1.82, 2.24) is 9.80 Å². The lowest BCUT2D eigenvalue weighted by molar-refractivity contribution is -0.132. The average molecular weight is 570 g/mol. The third kappa shape index (κ3) is 8.93. The molecule has 3 amide bonds. The standard InChI is InChI=1S/C30H39N3O4S2/c1-21(2)18-33(30(35)31-24-8-10-25(38-6)11-9-24)20-29(34)32(19-28-22(3)14-16-39-28)15-13-23-7-12-26(36-4)27(17-23)37-5/h7-12,14,16-17,21H,13,15,18-20H2,1-6H3,(H,31,35). The van der Waals surface area contributed by atoms with E-state index >= 15 is 0 Å². The fraction of sp³-hybridized carbons (Fsp3) is 0.400. The first-order valence-electron chi connectivity index (χ1n) is 13.0. The minimum atomic E-state index is -0.277. The van der Waals surface area contributed by atoms with Crippen LogP contribution in [-0.4, -0.2) is 61.8 Å². The summed E-state index contributed by atoms with van der Waals surface area (Å²) in [4.78, 5) is 32.7. The van der Waals surface area contributed by atoms with Crippen LogP contribution in [0.5, 0.6) is 11.5 Å². The Hall–Kier alpha value is -3.17. The number of amides is 3. The molecule has 7 nitrogen and oxygen atoms in total. The Balaban J connectivity index is 1.76. The fourth-order valence-electron chi connectivity index (χ4n) is 4.13. The van der Waals surface area contributed by atoms with Crippen LogP contribution < -0.4 is 14.8 Å². The maximum atomic E-state index is 13.7. The van der Waals surface area contributed by atoms with Crippen LogP contribution in [0, 0.1) is 12.8 Å². The summed E-state index contributed by atoms with van der Waals surface area (Å²) in [6.45, 7) is 7.64. The van der Waals surface area contributed by atoms with Gasteiger partial charge in [-0.05, 0) is 84.5 Å². The highest BCUT2D eigenvalue weighted by Gasteiger charge is 2.23. The minimum Gasteiger partial charge on any atom is -0.493 e. The predicted molar refractivity (Wildman–Crippen MR) is 161 cm³/mol. The molecule has 9 heteroatoms. The molecule has 2 aromatic carbocycles. The summed E-state index contributed by atoms with van der Waals surface area (Å²) >= 11 is 3.29. The van der Waals surface area contributed by atoms with Gasteiger partial charge in [-0.3, -0.25) is 4.79 Å². The number of thiophene rings is 1. The quantitative estimate of drug-likeness (QED) is 0.236. The number of nitrogens with zero attached hydrogens (tertiary/aromatic N) is 2. The molecule has 0 bridgehead atoms. The number of hydrogen-bond acceptors (Lipinski definition) is 6. The van der Waals surface area contributed by atoms with Crippen LogP contribution in [-0.2, 0) is 17.8 Å². The zero-order valence-corrected chi connectivity index (χ0v) is 25.3. The van der Waals surface area contributed by atoms with Gasteiger partial charge in [-0.15, -0.1) is 23.1 Å². The SMILES string of the molecule is COc1ccc(CCN(Cc2sccc2C)C(=O)CN(CC(C)C)C(=O)Nc2ccc(SC)cc2)cc1OC. The van der Waals surface area contributed by atoms with Crippen LogP contribution in [0.1, 0.15) is 29.9 Å². The van der Waals surface area contributed by atoms with Crippen LogP contribution >= 0.6 is 23.1 Å². The highest BCUT2D eigenvalue weighted by atomic mass is 32.2. The molecule has 0 aliphatic heterocycles. The number of carbonyl (C=O) groups is 2. The lowest BCUT2D eigenvalue weighted by atomic mass is 10.1. The summed E-state index contributed by atoms with van der Waals surface area (Å²) in [5, 5.41) is 5.01. The van der Waals surface area contributed by atoms with E-state index in [2.05, 4.69) is 18.3 Å². The average Bonchev–Trinajstić information content (AvgIpc) is 3.34. The molecule has 0 atom stereocenters. The van der Waals surface area contributed by atoms with E-state index in [-0.39, 0.29) is 24.4 Å². The van der Waals surface area contributed by atoms with Gasteiger partial charge < -0.3 is 24.6 Å². The smallest absolute Gasteiger partial charge is 0.322 e. The van der Waals surface area contributed by atoms with Gasteiger partial charge in [-0.25, -0.2) is 4.79 Å². The summed E-state index contributed by atoms with van der Waals surface area (Å²) in [5.41, 5.74) is 2.91. The van der Waals surface area contributed by atoms with Crippen LogP contribution in [0.3, 0.4) is 0 Å². The second-order valence-electron chi connectivity index (χ2n) is 9.71. The molecule has 210 valence electrons. The number of hydrogen-bond donors (Lipinski definition) is 1. The third-order valence-corrected chi connectivity index (χ3v) is 8.07. The van der Waals surface area contributed by atoms with E-state index in [0.29, 0.717) is 43.2 Å². The Bertz CT molecular complexity index is 1230. The number of methoxy groups -OCH3 is 2. The molecule has 0 spiro atoms. The number of urea groups is 1. The second-order valence-corrected chi connectivity index (χ2v) is 11.6. The highest BCUT2D eigenvalue weighted by molar-refractivity contribution is 7.98. The molecule has 3 aromatic rings. The molecule has 0 aliphatic carbocycles. The monoisotopic (exact) mass is 569 g/mol. The number of benzene rings is 2. The molecule has 0 saturated carbocycles. The normalized spacial score (nSPS) is 10.8. The van der Waals surface area contributed by atoms with Gasteiger partial charge in [-0.1, -0.05) is 19.9 Å². The van der Waals surface area contributed by atoms with E-state index in [9.17, 15) is 9.59 Å². The first kappa shape index (κ1) is 30.4. The van der Waals surface area contributed by atoms with Crippen molar-refractivity contribution in [3.05, 3.63) is 69.9 Å². The molecule has 1 heterocycles. The molecule has 1 N–H and O–H groups in total. The van der Waals surface area contributed by atoms with Gasteiger partial charge in [-0.2, -0.15) is 0 Å². The first-order chi connectivity index (χ1) is 18.7. The predicted octanol–water partition coefficient (Wildman–Crippen LogP) is 6.56. The number of carbonyl (C=O) groups excluding carboxylic acids is 2. The second kappa shape index (κ2) is 14.8. The van der Waals surface area contributed by atoms with Crippen LogP contribution in [0.2, 0.25) is 0 Å². The topological polar surface area (TPSA) is 71.1 Å². The maximum absolute atomic E-state index is 13.7. The van der Waals surface area contributed by atoms with Crippen molar-refractivity contribution in [2.24, 2.45) is 5.92 Å². The van der Waals surface area contributed by atoms with Gasteiger partial charge in [0, 0.05) is 28.5 Å². The number of nitrogens with one attached hydrogen (secondary N) is 1. The lowest BCUT2D eigenvalue weighted by Crippen LogP contribution is -2.46. The van der Waals surface area contributed by atoms with E-state index < -0.39 is 0 Å². The lowest BCUT2D eigenvalue weighted by Gasteiger charge is -2.29. The summed E-state index contributed by atoms with van der Waals surface area (Å²) in [7, 11) is 3.22. The molecule has 0 fully saturated rings. The third-order valence-electron chi connectivity index (χ3n) is 6.31. The highest BCUT2D eigenvalue weighted by Crippen LogP contribution is 2.28. The van der Waals surface area contributed by atoms with Crippen molar-refractivity contribution in [1.29, 1.82) is 0 Å². The summed E-state index contributed by atoms with van der Waals surface area (Å²) in [6.07, 6.45) is 2.66. The van der Waals surface area contributed by atoms with Gasteiger partial charge in [0.15, 0.2) is 11.5 Å². The minimum absolute atomic E-state index is 0.00324. The van der Waals surface area contributed by atoms with Crippen LogP contribution in [0.15, 0.2) is 58.8 Å². The number of ether oxygens (including phenoxy) is 2. The Morgan fingerprint density at radius 1 is 1.00 bits per heavy atom. The number of thioether (sulfide) groups is 1. The fourth-order valence-corrected chi connectivity index (χ4v) is 5.46. The first-order valence-corrected chi connectivity index (χ1v) is 15.1. The Morgan fingerprint density at radius 2 is 1.72 bits per heavy atom. The molecule has 0 saturated heterocycles. The number of rotatable bonds is 13. The zero-order chi connectivity index (χ0) is 28.4. The van der Waals surface area contributed by atoms with Gasteiger partial charge in [0.25, 0.3) is 0 Å². The van der Waals surface area contributed by atoms with Crippen molar-refractivity contribution in [2.45, 2.75) is 38.6 Å². The summed E-state index contributed by atoms with van der Waals surface area (Å²) in [6, 6.07) is 15.3. The van der Waals surface area contributed by atoms with Crippen LogP contribution in [0.4, 0.5) is 10.5 Å². The van der Waals surface area contributed by atoms with Gasteiger partial charge >= 0.3 is 6.03 Å². The van der Waals surface area contributed by atoms with E-state index in [0.717, 1.165) is 20.9 Å². The van der Waals surface area contributed by atoms with Crippen molar-refractivity contribution >= 4 is 40.7 Å². The van der Waals surface area contributed by atoms with Crippen molar-refractivity contribution in [3.63, 3.8) is 0 Å². The molecule has 39 heavy (non-hydrogen) atoms. The molecular formula is C30H39N3O4S2.